The number of aromatic nitrogens is 2. The minimum Gasteiger partial charge on any atom is -0.493 e. The molecule has 7 nitrogen and oxygen atoms in total. The van der Waals surface area contributed by atoms with Crippen molar-refractivity contribution in [1.29, 1.82) is 0 Å². The number of methoxy groups -OCH3 is 1. The van der Waals surface area contributed by atoms with Gasteiger partial charge in [0.15, 0.2) is 17.3 Å². The molecule has 0 amide bonds. The Balaban J connectivity index is 1.37. The Hall–Kier alpha value is -5.24. The van der Waals surface area contributed by atoms with E-state index in [9.17, 15) is 9.18 Å². The fraction of sp³-hybridized carbons (Fsp3) is 0.0645. The molecule has 0 fully saturated rings. The maximum atomic E-state index is 14.0. The number of fused-ring (bicyclic) bond motifs is 2. The highest BCUT2D eigenvalue weighted by Gasteiger charge is 2.16. The molecule has 0 aliphatic heterocycles. The number of nitrogens with zero attached hydrogens (tertiary/aromatic N) is 3. The molecular formula is C31H22FN3O4. The van der Waals surface area contributed by atoms with Crippen molar-refractivity contribution < 1.29 is 18.3 Å². The molecule has 6 rings (SSSR count). The molecule has 0 aliphatic rings. The summed E-state index contributed by atoms with van der Waals surface area (Å²) in [7, 11) is 1.52. The number of benzene rings is 4. The fourth-order valence-corrected chi connectivity index (χ4v) is 4.26. The predicted molar refractivity (Wildman–Crippen MR) is 148 cm³/mol. The van der Waals surface area contributed by atoms with Crippen molar-refractivity contribution in [3.8, 4) is 23.1 Å². The van der Waals surface area contributed by atoms with Crippen molar-refractivity contribution in [2.24, 2.45) is 5.10 Å². The molecular weight excluding hydrogens is 497 g/mol. The number of ether oxygens (including phenoxy) is 2. The quantitative estimate of drug-likeness (QED) is 0.228. The van der Waals surface area contributed by atoms with E-state index in [0.29, 0.717) is 44.9 Å². The van der Waals surface area contributed by atoms with Crippen molar-refractivity contribution in [3.63, 3.8) is 0 Å². The first-order valence-corrected chi connectivity index (χ1v) is 12.2. The lowest BCUT2D eigenvalue weighted by Gasteiger charge is -2.12. The topological polar surface area (TPSA) is 78.9 Å². The molecule has 4 aromatic carbocycles. The average Bonchev–Trinajstić information content (AvgIpc) is 3.41. The molecule has 0 aliphatic carbocycles. The Morgan fingerprint density at radius 2 is 1.74 bits per heavy atom. The third-order valence-electron chi connectivity index (χ3n) is 6.25. The lowest BCUT2D eigenvalue weighted by atomic mass is 10.2. The highest BCUT2D eigenvalue weighted by atomic mass is 19.1. The maximum absolute atomic E-state index is 14.0. The molecule has 39 heavy (non-hydrogen) atoms. The van der Waals surface area contributed by atoms with Gasteiger partial charge in [-0.05, 0) is 54.1 Å². The summed E-state index contributed by atoms with van der Waals surface area (Å²) in [6.45, 7) is 0.0511. The summed E-state index contributed by atoms with van der Waals surface area (Å²) in [4.78, 5) is 18.2. The number of hydrogen-bond acceptors (Lipinski definition) is 6. The molecule has 0 atom stereocenters. The standard InChI is InChI=1S/C31H22FN3O4/c1-37-28-16-20(14-15-27(28)38-19-22-9-2-5-11-24(22)32)18-33-35-30(29-17-21-8-3-7-13-26(21)39-29)34-25-12-6-4-10-23(25)31(35)36/h2-18H,19H2,1H3. The minimum absolute atomic E-state index is 0.0511. The summed E-state index contributed by atoms with van der Waals surface area (Å²) in [5, 5.41) is 5.82. The molecule has 0 N–H and O–H groups in total. The Bertz CT molecular complexity index is 1880. The molecule has 192 valence electrons. The Kier molecular flexibility index (Phi) is 6.34. The van der Waals surface area contributed by atoms with Gasteiger partial charge in [-0.2, -0.15) is 9.78 Å². The van der Waals surface area contributed by atoms with Gasteiger partial charge in [0.25, 0.3) is 5.56 Å². The molecule has 0 saturated carbocycles. The Morgan fingerprint density at radius 3 is 2.59 bits per heavy atom. The van der Waals surface area contributed by atoms with Gasteiger partial charge >= 0.3 is 0 Å². The van der Waals surface area contributed by atoms with Gasteiger partial charge in [0, 0.05) is 10.9 Å². The highest BCUT2D eigenvalue weighted by Crippen LogP contribution is 2.29. The number of para-hydroxylation sites is 2. The van der Waals surface area contributed by atoms with E-state index in [0.717, 1.165) is 5.39 Å². The minimum atomic E-state index is -0.338. The van der Waals surface area contributed by atoms with Crippen LogP contribution in [-0.2, 0) is 6.61 Å². The monoisotopic (exact) mass is 519 g/mol. The maximum Gasteiger partial charge on any atom is 0.282 e. The van der Waals surface area contributed by atoms with Gasteiger partial charge in [0.1, 0.15) is 18.0 Å². The van der Waals surface area contributed by atoms with Gasteiger partial charge in [0.2, 0.25) is 5.82 Å². The number of hydrogen-bond donors (Lipinski definition) is 0. The van der Waals surface area contributed by atoms with Crippen LogP contribution in [0.25, 0.3) is 33.5 Å². The van der Waals surface area contributed by atoms with E-state index in [-0.39, 0.29) is 23.8 Å². The Morgan fingerprint density at radius 1 is 0.949 bits per heavy atom. The van der Waals surface area contributed by atoms with E-state index in [4.69, 9.17) is 18.9 Å². The van der Waals surface area contributed by atoms with Crippen molar-refractivity contribution in [3.05, 3.63) is 124 Å². The number of rotatable bonds is 7. The molecule has 0 unspecified atom stereocenters. The van der Waals surface area contributed by atoms with Crippen molar-refractivity contribution in [1.82, 2.24) is 9.66 Å². The lowest BCUT2D eigenvalue weighted by Crippen LogP contribution is -2.20. The van der Waals surface area contributed by atoms with Gasteiger partial charge < -0.3 is 13.9 Å². The summed E-state index contributed by atoms with van der Waals surface area (Å²) in [6.07, 6.45) is 1.53. The molecule has 0 spiro atoms. The molecule has 0 saturated heterocycles. The molecule has 8 heteroatoms. The Labute approximate surface area is 222 Å². The van der Waals surface area contributed by atoms with Gasteiger partial charge in [0.05, 0.1) is 24.2 Å². The van der Waals surface area contributed by atoms with Crippen molar-refractivity contribution >= 4 is 28.1 Å². The smallest absolute Gasteiger partial charge is 0.282 e. The summed E-state index contributed by atoms with van der Waals surface area (Å²) in [6, 6.07) is 28.1. The molecule has 2 aromatic heterocycles. The zero-order valence-electron chi connectivity index (χ0n) is 20.9. The van der Waals surface area contributed by atoms with Gasteiger partial charge in [-0.3, -0.25) is 4.79 Å². The summed E-state index contributed by atoms with van der Waals surface area (Å²) in [5.74, 6) is 1.26. The van der Waals surface area contributed by atoms with Crippen LogP contribution >= 0.6 is 0 Å². The van der Waals surface area contributed by atoms with E-state index in [1.165, 1.54) is 24.1 Å². The van der Waals surface area contributed by atoms with Crippen LogP contribution in [0.3, 0.4) is 0 Å². The van der Waals surface area contributed by atoms with Crippen LogP contribution in [0, 0.1) is 5.82 Å². The first-order valence-electron chi connectivity index (χ1n) is 12.2. The molecule has 2 heterocycles. The second-order valence-electron chi connectivity index (χ2n) is 8.75. The van der Waals surface area contributed by atoms with Crippen molar-refractivity contribution in [2.45, 2.75) is 6.61 Å². The van der Waals surface area contributed by atoms with E-state index in [2.05, 4.69) is 5.10 Å². The first kappa shape index (κ1) is 24.1. The first-order chi connectivity index (χ1) is 19.1. The zero-order valence-corrected chi connectivity index (χ0v) is 20.9. The highest BCUT2D eigenvalue weighted by molar-refractivity contribution is 5.85. The van der Waals surface area contributed by atoms with Crippen LogP contribution < -0.4 is 15.0 Å². The van der Waals surface area contributed by atoms with Crippen LogP contribution in [0.5, 0.6) is 11.5 Å². The fourth-order valence-electron chi connectivity index (χ4n) is 4.26. The third kappa shape index (κ3) is 4.75. The second kappa shape index (κ2) is 10.3. The van der Waals surface area contributed by atoms with Crippen LogP contribution in [0.4, 0.5) is 4.39 Å². The van der Waals surface area contributed by atoms with Crippen LogP contribution in [0.2, 0.25) is 0 Å². The van der Waals surface area contributed by atoms with Crippen LogP contribution in [0.15, 0.2) is 111 Å². The lowest BCUT2D eigenvalue weighted by molar-refractivity contribution is 0.279. The van der Waals surface area contributed by atoms with E-state index >= 15 is 0 Å². The normalized spacial score (nSPS) is 11.4. The number of furan rings is 1. The van der Waals surface area contributed by atoms with Crippen LogP contribution in [0.1, 0.15) is 11.1 Å². The summed E-state index contributed by atoms with van der Waals surface area (Å²) < 4.78 is 32.5. The number of halogens is 1. The van der Waals surface area contributed by atoms with E-state index in [1.54, 1.807) is 54.6 Å². The van der Waals surface area contributed by atoms with Gasteiger partial charge in [-0.1, -0.05) is 48.5 Å². The average molecular weight is 520 g/mol. The SMILES string of the molecule is COc1cc(C=Nn2c(-c3cc4ccccc4o3)nc3ccccc3c2=O)ccc1OCc1ccccc1F. The predicted octanol–water partition coefficient (Wildman–Crippen LogP) is 6.42. The summed E-state index contributed by atoms with van der Waals surface area (Å²) >= 11 is 0. The van der Waals surface area contributed by atoms with E-state index in [1.807, 2.05) is 36.4 Å². The second-order valence-corrected chi connectivity index (χ2v) is 8.75. The van der Waals surface area contributed by atoms with E-state index < -0.39 is 0 Å². The summed E-state index contributed by atoms with van der Waals surface area (Å²) in [5.41, 5.74) is 1.99. The van der Waals surface area contributed by atoms with Gasteiger partial charge in [-0.15, -0.1) is 0 Å². The molecule has 0 radical (unpaired) electrons. The largest absolute Gasteiger partial charge is 0.493 e. The van der Waals surface area contributed by atoms with Gasteiger partial charge in [-0.25, -0.2) is 9.37 Å². The molecule has 0 bridgehead atoms. The third-order valence-corrected chi connectivity index (χ3v) is 6.25. The molecule has 6 aromatic rings. The van der Waals surface area contributed by atoms with Crippen LogP contribution in [-0.4, -0.2) is 23.0 Å². The van der Waals surface area contributed by atoms with Crippen molar-refractivity contribution in [2.75, 3.05) is 7.11 Å². The zero-order chi connectivity index (χ0) is 26.8.